The first-order valence-electron chi connectivity index (χ1n) is 6.37. The van der Waals surface area contributed by atoms with Crippen LogP contribution in [0.1, 0.15) is 20.7 Å². The number of hydrogen-bond donors (Lipinski definition) is 3. The highest BCUT2D eigenvalue weighted by atomic mass is 16.4. The van der Waals surface area contributed by atoms with Gasteiger partial charge >= 0.3 is 5.76 Å². The summed E-state index contributed by atoms with van der Waals surface area (Å²) in [5, 5.41) is 2.61. The van der Waals surface area contributed by atoms with Crippen molar-refractivity contribution < 1.29 is 14.0 Å². The van der Waals surface area contributed by atoms with Crippen LogP contribution < -0.4 is 16.8 Å². The predicted molar refractivity (Wildman–Crippen MR) is 79.7 cm³/mol. The van der Waals surface area contributed by atoms with Crippen LogP contribution >= 0.6 is 0 Å². The van der Waals surface area contributed by atoms with Crippen molar-refractivity contribution in [1.82, 2.24) is 4.98 Å². The van der Waals surface area contributed by atoms with E-state index >= 15 is 0 Å². The number of primary amides is 1. The lowest BCUT2D eigenvalue weighted by molar-refractivity contribution is 0.100. The van der Waals surface area contributed by atoms with E-state index in [9.17, 15) is 14.4 Å². The molecule has 7 nitrogen and oxygen atoms in total. The molecular formula is C15H11N3O4. The monoisotopic (exact) mass is 297 g/mol. The van der Waals surface area contributed by atoms with Crippen LogP contribution in [0.15, 0.2) is 51.7 Å². The summed E-state index contributed by atoms with van der Waals surface area (Å²) in [6.45, 7) is 0. The van der Waals surface area contributed by atoms with Gasteiger partial charge < -0.3 is 15.5 Å². The average Bonchev–Trinajstić information content (AvgIpc) is 2.86. The number of oxazole rings is 1. The molecule has 0 fully saturated rings. The van der Waals surface area contributed by atoms with Crippen molar-refractivity contribution in [2.24, 2.45) is 5.73 Å². The predicted octanol–water partition coefficient (Wildman–Crippen LogP) is 1.47. The van der Waals surface area contributed by atoms with Crippen LogP contribution in [0, 0.1) is 0 Å². The van der Waals surface area contributed by atoms with E-state index in [1.54, 1.807) is 24.3 Å². The van der Waals surface area contributed by atoms with Crippen LogP contribution in [0.2, 0.25) is 0 Å². The zero-order valence-corrected chi connectivity index (χ0v) is 11.3. The van der Waals surface area contributed by atoms with Gasteiger partial charge in [0.2, 0.25) is 0 Å². The van der Waals surface area contributed by atoms with Gasteiger partial charge in [0, 0.05) is 5.56 Å². The van der Waals surface area contributed by atoms with Gasteiger partial charge in [0.15, 0.2) is 5.58 Å². The Kier molecular flexibility index (Phi) is 3.23. The summed E-state index contributed by atoms with van der Waals surface area (Å²) in [5.74, 6) is -1.67. The summed E-state index contributed by atoms with van der Waals surface area (Å²) < 4.78 is 4.91. The summed E-state index contributed by atoms with van der Waals surface area (Å²) in [6, 6.07) is 11.0. The van der Waals surface area contributed by atoms with Crippen molar-refractivity contribution in [3.63, 3.8) is 0 Å². The number of aromatic amines is 1. The second kappa shape index (κ2) is 5.21. The number of para-hydroxylation sites is 1. The van der Waals surface area contributed by atoms with Gasteiger partial charge in [-0.3, -0.25) is 14.6 Å². The van der Waals surface area contributed by atoms with E-state index in [2.05, 4.69) is 10.3 Å². The Morgan fingerprint density at radius 1 is 1.14 bits per heavy atom. The zero-order chi connectivity index (χ0) is 15.7. The first-order valence-corrected chi connectivity index (χ1v) is 6.37. The molecular weight excluding hydrogens is 286 g/mol. The fourth-order valence-corrected chi connectivity index (χ4v) is 2.09. The van der Waals surface area contributed by atoms with Gasteiger partial charge in [0.05, 0.1) is 16.8 Å². The number of anilines is 1. The van der Waals surface area contributed by atoms with Crippen molar-refractivity contribution in [2.75, 3.05) is 5.32 Å². The summed E-state index contributed by atoms with van der Waals surface area (Å²) in [4.78, 5) is 37.2. The number of carbonyl (C=O) groups excluding carboxylic acids is 2. The molecule has 0 aliphatic heterocycles. The second-order valence-electron chi connectivity index (χ2n) is 4.59. The van der Waals surface area contributed by atoms with Crippen LogP contribution in [-0.4, -0.2) is 16.8 Å². The molecule has 7 heteroatoms. The third kappa shape index (κ3) is 2.47. The third-order valence-electron chi connectivity index (χ3n) is 3.12. The highest BCUT2D eigenvalue weighted by Gasteiger charge is 2.13. The normalized spacial score (nSPS) is 10.5. The van der Waals surface area contributed by atoms with E-state index in [1.807, 2.05) is 0 Å². The van der Waals surface area contributed by atoms with Crippen molar-refractivity contribution in [3.8, 4) is 0 Å². The standard InChI is InChI=1S/C15H11N3O4/c16-13(19)9-3-1-2-4-10(9)17-14(20)8-5-6-11-12(7-8)22-15(21)18-11/h1-7H,(H2,16,19)(H,17,20)(H,18,21). The number of H-pyrrole nitrogens is 1. The molecule has 0 unspecified atom stereocenters. The Labute approximate surface area is 123 Å². The first kappa shape index (κ1) is 13.6. The second-order valence-corrected chi connectivity index (χ2v) is 4.59. The molecule has 0 saturated carbocycles. The minimum absolute atomic E-state index is 0.213. The number of rotatable bonds is 3. The fourth-order valence-electron chi connectivity index (χ4n) is 2.09. The maximum Gasteiger partial charge on any atom is 0.417 e. The number of fused-ring (bicyclic) bond motifs is 1. The van der Waals surface area contributed by atoms with Gasteiger partial charge in [-0.25, -0.2) is 4.79 Å². The summed E-state index contributed by atoms with van der Waals surface area (Å²) in [5.41, 5.74) is 6.85. The third-order valence-corrected chi connectivity index (χ3v) is 3.12. The summed E-state index contributed by atoms with van der Waals surface area (Å²) >= 11 is 0. The maximum absolute atomic E-state index is 12.2. The van der Waals surface area contributed by atoms with Crippen LogP contribution in [0.3, 0.4) is 0 Å². The molecule has 0 aliphatic rings. The van der Waals surface area contributed by atoms with Gasteiger partial charge in [-0.1, -0.05) is 12.1 Å². The highest BCUT2D eigenvalue weighted by Crippen LogP contribution is 2.17. The lowest BCUT2D eigenvalue weighted by Gasteiger charge is -2.08. The molecule has 3 aromatic rings. The molecule has 22 heavy (non-hydrogen) atoms. The zero-order valence-electron chi connectivity index (χ0n) is 11.3. The number of nitrogens with one attached hydrogen (secondary N) is 2. The minimum Gasteiger partial charge on any atom is -0.408 e. The van der Waals surface area contributed by atoms with E-state index < -0.39 is 17.6 Å². The molecule has 1 aromatic heterocycles. The van der Waals surface area contributed by atoms with E-state index in [0.717, 1.165) is 0 Å². The van der Waals surface area contributed by atoms with Crippen molar-refractivity contribution in [2.45, 2.75) is 0 Å². The van der Waals surface area contributed by atoms with Gasteiger partial charge in [-0.15, -0.1) is 0 Å². The molecule has 2 amide bonds. The molecule has 0 atom stereocenters. The average molecular weight is 297 g/mol. The van der Waals surface area contributed by atoms with Crippen LogP contribution in [0.4, 0.5) is 5.69 Å². The fraction of sp³-hybridized carbons (Fsp3) is 0. The van der Waals surface area contributed by atoms with Crippen LogP contribution in [0.5, 0.6) is 0 Å². The molecule has 2 aromatic carbocycles. The number of benzene rings is 2. The Hall–Kier alpha value is -3.35. The Morgan fingerprint density at radius 2 is 1.91 bits per heavy atom. The van der Waals surface area contributed by atoms with Gasteiger partial charge in [-0.05, 0) is 30.3 Å². The minimum atomic E-state index is -0.636. The van der Waals surface area contributed by atoms with Gasteiger partial charge in [0.25, 0.3) is 11.8 Å². The highest BCUT2D eigenvalue weighted by molar-refractivity contribution is 6.09. The van der Waals surface area contributed by atoms with E-state index in [4.69, 9.17) is 10.2 Å². The van der Waals surface area contributed by atoms with E-state index in [-0.39, 0.29) is 16.7 Å². The molecule has 0 spiro atoms. The topological polar surface area (TPSA) is 118 Å². The molecule has 1 heterocycles. The van der Waals surface area contributed by atoms with Crippen molar-refractivity contribution in [1.29, 1.82) is 0 Å². The number of carbonyl (C=O) groups is 2. The van der Waals surface area contributed by atoms with Gasteiger partial charge in [0.1, 0.15) is 0 Å². The van der Waals surface area contributed by atoms with Crippen molar-refractivity contribution >= 4 is 28.6 Å². The Balaban J connectivity index is 1.93. The van der Waals surface area contributed by atoms with E-state index in [1.165, 1.54) is 18.2 Å². The number of hydrogen-bond acceptors (Lipinski definition) is 4. The molecule has 0 aliphatic carbocycles. The smallest absolute Gasteiger partial charge is 0.408 e. The number of amides is 2. The molecule has 0 saturated heterocycles. The Morgan fingerprint density at radius 3 is 2.68 bits per heavy atom. The molecule has 0 radical (unpaired) electrons. The van der Waals surface area contributed by atoms with Gasteiger partial charge in [-0.2, -0.15) is 0 Å². The largest absolute Gasteiger partial charge is 0.417 e. The SMILES string of the molecule is NC(=O)c1ccccc1NC(=O)c1ccc2[nH]c(=O)oc2c1. The molecule has 0 bridgehead atoms. The number of aromatic nitrogens is 1. The molecule has 110 valence electrons. The maximum atomic E-state index is 12.2. The van der Waals surface area contributed by atoms with E-state index in [0.29, 0.717) is 11.2 Å². The first-order chi connectivity index (χ1) is 10.5. The lowest BCUT2D eigenvalue weighted by Crippen LogP contribution is -2.18. The summed E-state index contributed by atoms with van der Waals surface area (Å²) in [7, 11) is 0. The summed E-state index contributed by atoms with van der Waals surface area (Å²) in [6.07, 6.45) is 0. The number of nitrogens with two attached hydrogens (primary N) is 1. The van der Waals surface area contributed by atoms with Crippen LogP contribution in [-0.2, 0) is 0 Å². The molecule has 3 rings (SSSR count). The lowest BCUT2D eigenvalue weighted by atomic mass is 10.1. The molecule has 4 N–H and O–H groups in total. The van der Waals surface area contributed by atoms with Crippen molar-refractivity contribution in [3.05, 3.63) is 64.1 Å². The quantitative estimate of drug-likeness (QED) is 0.678. The Bertz CT molecular complexity index is 939. The van der Waals surface area contributed by atoms with Crippen LogP contribution in [0.25, 0.3) is 11.1 Å².